The second-order valence-corrected chi connectivity index (χ2v) is 4.90. The predicted molar refractivity (Wildman–Crippen MR) is 80.4 cm³/mol. The van der Waals surface area contributed by atoms with Gasteiger partial charge >= 0.3 is 7.12 Å². The molecule has 0 aliphatic carbocycles. The molecule has 0 heterocycles. The minimum atomic E-state index is -1.92. The van der Waals surface area contributed by atoms with Crippen LogP contribution in [0.15, 0.2) is 36.4 Å². The van der Waals surface area contributed by atoms with Gasteiger partial charge in [-0.2, -0.15) is 0 Å². The van der Waals surface area contributed by atoms with E-state index in [1.54, 1.807) is 25.1 Å². The van der Waals surface area contributed by atoms with E-state index < -0.39 is 18.8 Å². The maximum atomic E-state index is 13.6. The Bertz CT molecular complexity index is 674. The number of para-hydroxylation sites is 1. The average Bonchev–Trinajstić information content (AvgIpc) is 2.42. The summed E-state index contributed by atoms with van der Waals surface area (Å²) in [6, 6.07) is 8.57. The first kappa shape index (κ1) is 15.5. The summed E-state index contributed by atoms with van der Waals surface area (Å²) in [5.41, 5.74) is 0.992. The smallest absolute Gasteiger partial charge is 0.423 e. The lowest BCUT2D eigenvalue weighted by Crippen LogP contribution is -2.33. The van der Waals surface area contributed by atoms with Gasteiger partial charge in [0.05, 0.1) is 10.7 Å². The molecule has 0 aliphatic heterocycles. The van der Waals surface area contributed by atoms with Crippen LogP contribution < -0.4 is 10.8 Å². The van der Waals surface area contributed by atoms with E-state index in [2.05, 4.69) is 5.32 Å². The average molecular weight is 308 g/mol. The molecule has 0 radical (unpaired) electrons. The van der Waals surface area contributed by atoms with Crippen LogP contribution in [-0.2, 0) is 0 Å². The molecule has 0 bridgehead atoms. The number of aryl methyl sites for hydroxylation is 1. The highest BCUT2D eigenvalue weighted by Crippen LogP contribution is 2.25. The van der Waals surface area contributed by atoms with Crippen molar-refractivity contribution in [2.45, 2.75) is 6.92 Å². The Hall–Kier alpha value is -1.89. The van der Waals surface area contributed by atoms with Crippen molar-refractivity contribution < 1.29 is 19.2 Å². The minimum absolute atomic E-state index is 0.0521. The van der Waals surface area contributed by atoms with Crippen LogP contribution in [0.25, 0.3) is 0 Å². The molecule has 2 aromatic carbocycles. The topological polar surface area (TPSA) is 69.6 Å². The van der Waals surface area contributed by atoms with Crippen LogP contribution in [0.4, 0.5) is 10.1 Å². The minimum Gasteiger partial charge on any atom is -0.423 e. The molecule has 0 saturated heterocycles. The van der Waals surface area contributed by atoms with Crippen molar-refractivity contribution in [3.63, 3.8) is 0 Å². The lowest BCUT2D eigenvalue weighted by Gasteiger charge is -2.11. The first-order valence-corrected chi connectivity index (χ1v) is 6.50. The van der Waals surface area contributed by atoms with Gasteiger partial charge in [0.25, 0.3) is 5.91 Å². The third-order valence-electron chi connectivity index (χ3n) is 3.00. The summed E-state index contributed by atoms with van der Waals surface area (Å²) in [6.07, 6.45) is 0. The van der Waals surface area contributed by atoms with Gasteiger partial charge in [0.15, 0.2) is 0 Å². The van der Waals surface area contributed by atoms with Gasteiger partial charge in [-0.3, -0.25) is 4.79 Å². The molecule has 2 aromatic rings. The quantitative estimate of drug-likeness (QED) is 0.756. The Kier molecular flexibility index (Phi) is 4.62. The Balaban J connectivity index is 2.27. The largest absolute Gasteiger partial charge is 0.491 e. The molecule has 7 heteroatoms. The molecule has 2 rings (SSSR count). The van der Waals surface area contributed by atoms with Crippen molar-refractivity contribution >= 4 is 35.8 Å². The van der Waals surface area contributed by atoms with Crippen LogP contribution >= 0.6 is 11.6 Å². The van der Waals surface area contributed by atoms with Crippen molar-refractivity contribution in [1.29, 1.82) is 0 Å². The van der Waals surface area contributed by atoms with Crippen molar-refractivity contribution in [2.75, 3.05) is 5.32 Å². The van der Waals surface area contributed by atoms with Gasteiger partial charge in [-0.25, -0.2) is 4.39 Å². The molecule has 4 nitrogen and oxygen atoms in total. The number of hydrogen-bond acceptors (Lipinski definition) is 3. The van der Waals surface area contributed by atoms with Gasteiger partial charge in [-0.1, -0.05) is 29.8 Å². The highest BCUT2D eigenvalue weighted by Gasteiger charge is 2.18. The maximum Gasteiger partial charge on any atom is 0.491 e. The number of carbonyl (C=O) groups is 1. The Morgan fingerprint density at radius 2 is 2.00 bits per heavy atom. The SMILES string of the molecule is Cc1cccc(Cl)c1NC(=O)c1ccc(B(O)O)c(F)c1. The van der Waals surface area contributed by atoms with E-state index in [1.807, 2.05) is 0 Å². The Morgan fingerprint density at radius 3 is 2.57 bits per heavy atom. The van der Waals surface area contributed by atoms with E-state index in [-0.39, 0.29) is 11.0 Å². The third kappa shape index (κ3) is 3.42. The molecule has 3 N–H and O–H groups in total. The van der Waals surface area contributed by atoms with Gasteiger partial charge in [-0.15, -0.1) is 0 Å². The standard InChI is InChI=1S/C14H12BClFNO3/c1-8-3-2-4-11(16)13(8)18-14(19)9-5-6-10(15(20)21)12(17)7-9/h2-7,20-21H,1H3,(H,18,19). The zero-order valence-corrected chi connectivity index (χ0v) is 11.9. The number of amides is 1. The second kappa shape index (κ2) is 6.26. The molecule has 0 aromatic heterocycles. The molecule has 1 amide bonds. The summed E-state index contributed by atoms with van der Waals surface area (Å²) in [5.74, 6) is -1.40. The van der Waals surface area contributed by atoms with Gasteiger partial charge < -0.3 is 15.4 Å². The molecule has 108 valence electrons. The summed E-state index contributed by atoms with van der Waals surface area (Å²) in [7, 11) is -1.92. The molecule has 0 fully saturated rings. The lowest BCUT2D eigenvalue weighted by atomic mass is 9.79. The normalized spacial score (nSPS) is 10.3. The fraction of sp³-hybridized carbons (Fsp3) is 0.0714. The molecular formula is C14H12BClFNO3. The maximum absolute atomic E-state index is 13.6. The number of nitrogens with one attached hydrogen (secondary N) is 1. The van der Waals surface area contributed by atoms with Crippen LogP contribution in [0.3, 0.4) is 0 Å². The molecule has 0 unspecified atom stereocenters. The van der Waals surface area contributed by atoms with Crippen LogP contribution in [-0.4, -0.2) is 23.1 Å². The van der Waals surface area contributed by atoms with Crippen LogP contribution in [0.5, 0.6) is 0 Å². The van der Waals surface area contributed by atoms with E-state index in [4.69, 9.17) is 21.6 Å². The van der Waals surface area contributed by atoms with Gasteiger partial charge in [0.2, 0.25) is 0 Å². The Labute approximate surface area is 126 Å². The number of rotatable bonds is 3. The number of hydrogen-bond donors (Lipinski definition) is 3. The molecule has 0 atom stereocenters. The monoisotopic (exact) mass is 307 g/mol. The van der Waals surface area contributed by atoms with Crippen LogP contribution in [0.1, 0.15) is 15.9 Å². The second-order valence-electron chi connectivity index (χ2n) is 4.50. The number of halogens is 2. The van der Waals surface area contributed by atoms with Crippen molar-refractivity contribution in [1.82, 2.24) is 0 Å². The molecule has 0 spiro atoms. The van der Waals surface area contributed by atoms with E-state index in [9.17, 15) is 9.18 Å². The van der Waals surface area contributed by atoms with E-state index >= 15 is 0 Å². The molecule has 0 saturated carbocycles. The fourth-order valence-electron chi connectivity index (χ4n) is 1.85. The van der Waals surface area contributed by atoms with Gasteiger partial charge in [0, 0.05) is 11.0 Å². The van der Waals surface area contributed by atoms with E-state index in [0.29, 0.717) is 10.7 Å². The summed E-state index contributed by atoms with van der Waals surface area (Å²) < 4.78 is 13.6. The third-order valence-corrected chi connectivity index (χ3v) is 3.32. The summed E-state index contributed by atoms with van der Waals surface area (Å²) in [6.45, 7) is 1.79. The summed E-state index contributed by atoms with van der Waals surface area (Å²) in [5, 5.41) is 20.9. The zero-order valence-electron chi connectivity index (χ0n) is 11.1. The first-order chi connectivity index (χ1) is 9.90. The summed E-state index contributed by atoms with van der Waals surface area (Å²) >= 11 is 6.00. The summed E-state index contributed by atoms with van der Waals surface area (Å²) in [4.78, 5) is 12.1. The van der Waals surface area contributed by atoms with Crippen LogP contribution in [0, 0.1) is 12.7 Å². The van der Waals surface area contributed by atoms with Gasteiger partial charge in [-0.05, 0) is 30.7 Å². The van der Waals surface area contributed by atoms with Crippen molar-refractivity contribution in [3.8, 4) is 0 Å². The van der Waals surface area contributed by atoms with E-state index in [1.165, 1.54) is 6.07 Å². The fourth-order valence-corrected chi connectivity index (χ4v) is 2.12. The van der Waals surface area contributed by atoms with Crippen molar-refractivity contribution in [3.05, 3.63) is 58.4 Å². The van der Waals surface area contributed by atoms with E-state index in [0.717, 1.165) is 17.7 Å². The molecule has 0 aliphatic rings. The van der Waals surface area contributed by atoms with Crippen LogP contribution in [0.2, 0.25) is 5.02 Å². The number of anilines is 1. The van der Waals surface area contributed by atoms with Gasteiger partial charge in [0.1, 0.15) is 5.82 Å². The molecule has 21 heavy (non-hydrogen) atoms. The predicted octanol–water partition coefficient (Wildman–Crippen LogP) is 1.72. The lowest BCUT2D eigenvalue weighted by molar-refractivity contribution is 0.102. The van der Waals surface area contributed by atoms with Crippen molar-refractivity contribution in [2.24, 2.45) is 0 Å². The Morgan fingerprint density at radius 1 is 1.29 bits per heavy atom. The number of benzene rings is 2. The zero-order chi connectivity index (χ0) is 15.6. The number of carbonyl (C=O) groups excluding carboxylic acids is 1. The highest BCUT2D eigenvalue weighted by molar-refractivity contribution is 6.58. The highest BCUT2D eigenvalue weighted by atomic mass is 35.5. The molecular weight excluding hydrogens is 295 g/mol. The first-order valence-electron chi connectivity index (χ1n) is 6.12.